The van der Waals surface area contributed by atoms with Gasteiger partial charge in [0.1, 0.15) is 6.61 Å². The molecular weight excluding hydrogens is 380 g/mol. The molecule has 1 heterocycles. The minimum atomic E-state index is -0.603. The first-order chi connectivity index (χ1) is 14.5. The molecule has 0 saturated heterocycles. The quantitative estimate of drug-likeness (QED) is 0.507. The van der Waals surface area contributed by atoms with Gasteiger partial charge in [-0.05, 0) is 23.3 Å². The number of nitrogens with zero attached hydrogens (tertiary/aromatic N) is 2. The maximum absolute atomic E-state index is 11.7. The number of imidazole rings is 1. The number of aliphatic hydroxyl groups excluding tert-OH is 1. The molecule has 0 spiro atoms. The molecule has 3 rings (SSSR count). The Hall–Kier alpha value is -3.58. The van der Waals surface area contributed by atoms with Gasteiger partial charge in [0.25, 0.3) is 0 Å². The summed E-state index contributed by atoms with van der Waals surface area (Å²) in [4.78, 5) is 16.3. The van der Waals surface area contributed by atoms with E-state index < -0.39 is 6.09 Å². The van der Waals surface area contributed by atoms with Crippen LogP contribution in [0.3, 0.4) is 0 Å². The second-order valence-corrected chi connectivity index (χ2v) is 6.95. The predicted molar refractivity (Wildman–Crippen MR) is 116 cm³/mol. The zero-order valence-corrected chi connectivity index (χ0v) is 16.8. The lowest BCUT2D eigenvalue weighted by Crippen LogP contribution is -2.16. The lowest BCUT2D eigenvalue weighted by atomic mass is 10.1. The van der Waals surface area contributed by atoms with Crippen molar-refractivity contribution < 1.29 is 14.6 Å². The number of aromatic nitrogens is 2. The first kappa shape index (κ1) is 21.1. The molecule has 0 aliphatic rings. The predicted octanol–water partition coefficient (Wildman–Crippen LogP) is 3.08. The van der Waals surface area contributed by atoms with Crippen LogP contribution in [0.2, 0.25) is 0 Å². The van der Waals surface area contributed by atoms with Gasteiger partial charge in [-0.15, -0.1) is 0 Å². The van der Waals surface area contributed by atoms with E-state index in [1.54, 1.807) is 6.07 Å². The van der Waals surface area contributed by atoms with Crippen molar-refractivity contribution in [3.8, 4) is 0 Å². The molecule has 1 aromatic heterocycles. The lowest BCUT2D eigenvalue weighted by molar-refractivity contribution is 0.131. The first-order valence-corrected chi connectivity index (χ1v) is 9.69. The van der Waals surface area contributed by atoms with Crippen LogP contribution in [0.15, 0.2) is 73.2 Å². The van der Waals surface area contributed by atoms with Crippen LogP contribution in [0, 0.1) is 0 Å². The number of nitrogens with two attached hydrogens (primary N) is 1. The highest BCUT2D eigenvalue weighted by atomic mass is 16.6. The van der Waals surface area contributed by atoms with E-state index in [-0.39, 0.29) is 13.2 Å². The Labute approximate surface area is 175 Å². The van der Waals surface area contributed by atoms with Gasteiger partial charge in [-0.1, -0.05) is 49.0 Å². The fourth-order valence-electron chi connectivity index (χ4n) is 3.18. The van der Waals surface area contributed by atoms with Gasteiger partial charge in [-0.2, -0.15) is 0 Å². The number of amides is 1. The number of nitrogens with one attached hydrogen (secondary N) is 1. The van der Waals surface area contributed by atoms with E-state index >= 15 is 0 Å². The second-order valence-electron chi connectivity index (χ2n) is 6.95. The fraction of sp³-hybridized carbons (Fsp3) is 0.217. The van der Waals surface area contributed by atoms with E-state index in [0.29, 0.717) is 24.4 Å². The zero-order valence-electron chi connectivity index (χ0n) is 16.8. The normalized spacial score (nSPS) is 10.6. The molecule has 30 heavy (non-hydrogen) atoms. The monoisotopic (exact) mass is 406 g/mol. The van der Waals surface area contributed by atoms with Crippen molar-refractivity contribution in [3.05, 3.63) is 95.7 Å². The Morgan fingerprint density at radius 2 is 1.93 bits per heavy atom. The van der Waals surface area contributed by atoms with E-state index in [1.165, 1.54) is 5.56 Å². The summed E-state index contributed by atoms with van der Waals surface area (Å²) in [5.41, 5.74) is 11.3. The molecule has 0 aliphatic heterocycles. The number of anilines is 1. The Bertz CT molecular complexity index is 999. The molecule has 0 bridgehead atoms. The van der Waals surface area contributed by atoms with Crippen molar-refractivity contribution in [1.82, 2.24) is 9.55 Å². The summed E-state index contributed by atoms with van der Waals surface area (Å²) < 4.78 is 6.89. The first-order valence-electron chi connectivity index (χ1n) is 9.69. The summed E-state index contributed by atoms with van der Waals surface area (Å²) in [5, 5.41) is 11.4. The van der Waals surface area contributed by atoms with Crippen molar-refractivity contribution in [3.63, 3.8) is 0 Å². The van der Waals surface area contributed by atoms with Crippen LogP contribution in [-0.2, 0) is 24.1 Å². The number of hydrogen-bond donors (Lipinski definition) is 3. The molecule has 4 N–H and O–H groups in total. The number of carbonyl (C=O) groups is 1. The third kappa shape index (κ3) is 5.96. The van der Waals surface area contributed by atoms with Gasteiger partial charge >= 0.3 is 6.09 Å². The van der Waals surface area contributed by atoms with E-state index in [4.69, 9.17) is 15.6 Å². The summed E-state index contributed by atoms with van der Waals surface area (Å²) in [6.45, 7) is 4.17. The molecule has 7 nitrogen and oxygen atoms in total. The Kier molecular flexibility index (Phi) is 7.24. The molecule has 0 radical (unpaired) electrons. The number of hydrogen-bond acceptors (Lipinski definition) is 5. The van der Waals surface area contributed by atoms with Gasteiger partial charge in [0.15, 0.2) is 0 Å². The summed E-state index contributed by atoms with van der Waals surface area (Å²) >= 11 is 0. The molecule has 0 aliphatic carbocycles. The molecule has 0 unspecified atom stereocenters. The van der Waals surface area contributed by atoms with E-state index in [9.17, 15) is 4.79 Å². The summed E-state index contributed by atoms with van der Waals surface area (Å²) in [6.07, 6.45) is 2.46. The molecule has 7 heteroatoms. The number of carbonyl (C=O) groups excluding carboxylic acids is 1. The van der Waals surface area contributed by atoms with Crippen LogP contribution in [0.1, 0.15) is 22.5 Å². The van der Waals surface area contributed by atoms with Crippen molar-refractivity contribution in [2.75, 3.05) is 18.5 Å². The van der Waals surface area contributed by atoms with Gasteiger partial charge in [-0.3, -0.25) is 5.32 Å². The van der Waals surface area contributed by atoms with Crippen LogP contribution >= 0.6 is 0 Å². The number of benzene rings is 2. The van der Waals surface area contributed by atoms with Gasteiger partial charge in [0, 0.05) is 36.5 Å². The van der Waals surface area contributed by atoms with E-state index in [2.05, 4.69) is 33.6 Å². The van der Waals surface area contributed by atoms with Crippen LogP contribution in [-0.4, -0.2) is 34.0 Å². The van der Waals surface area contributed by atoms with Gasteiger partial charge in [-0.25, -0.2) is 9.78 Å². The standard InChI is InChI=1S/C23H26N4O3/c1-17(24)12-22-21(14-18-6-3-2-4-7-18)25-16-27(22)15-19-8-5-9-20(13-19)26-23(29)30-11-10-28/h2-9,13,16,28H,1,10-12,14-15,24H2,(H,26,29). The lowest BCUT2D eigenvalue weighted by Gasteiger charge is -2.12. The van der Waals surface area contributed by atoms with Crippen molar-refractivity contribution in [2.45, 2.75) is 19.4 Å². The second kappa shape index (κ2) is 10.3. The number of ether oxygens (including phenoxy) is 1. The van der Waals surface area contributed by atoms with E-state index in [1.807, 2.05) is 42.7 Å². The SMILES string of the molecule is C=C(N)Cc1c(Cc2ccccc2)ncn1Cc1cccc(NC(=O)OCCO)c1. The van der Waals surface area contributed by atoms with Crippen LogP contribution in [0.5, 0.6) is 0 Å². The molecule has 2 aromatic carbocycles. The zero-order chi connectivity index (χ0) is 21.3. The Morgan fingerprint density at radius 3 is 2.67 bits per heavy atom. The summed E-state index contributed by atoms with van der Waals surface area (Å²) in [5.74, 6) is 0. The van der Waals surface area contributed by atoms with Gasteiger partial charge in [0.05, 0.1) is 18.6 Å². The van der Waals surface area contributed by atoms with Crippen molar-refractivity contribution >= 4 is 11.8 Å². The third-order valence-corrected chi connectivity index (χ3v) is 4.49. The maximum Gasteiger partial charge on any atom is 0.411 e. The summed E-state index contributed by atoms with van der Waals surface area (Å²) in [7, 11) is 0. The smallest absolute Gasteiger partial charge is 0.411 e. The van der Waals surface area contributed by atoms with Gasteiger partial charge in [0.2, 0.25) is 0 Å². The number of rotatable bonds is 9. The van der Waals surface area contributed by atoms with E-state index in [0.717, 1.165) is 23.4 Å². The Morgan fingerprint density at radius 1 is 1.17 bits per heavy atom. The third-order valence-electron chi connectivity index (χ3n) is 4.49. The van der Waals surface area contributed by atoms with Crippen LogP contribution < -0.4 is 11.1 Å². The Balaban J connectivity index is 1.78. The molecule has 3 aromatic rings. The van der Waals surface area contributed by atoms with Crippen LogP contribution in [0.4, 0.5) is 10.5 Å². The van der Waals surface area contributed by atoms with Crippen molar-refractivity contribution in [2.24, 2.45) is 5.73 Å². The molecule has 0 fully saturated rings. The molecule has 0 atom stereocenters. The number of aliphatic hydroxyl groups is 1. The largest absolute Gasteiger partial charge is 0.447 e. The number of allylic oxidation sites excluding steroid dienone is 1. The molecule has 1 amide bonds. The van der Waals surface area contributed by atoms with Crippen molar-refractivity contribution in [1.29, 1.82) is 0 Å². The van der Waals surface area contributed by atoms with Crippen LogP contribution in [0.25, 0.3) is 0 Å². The highest BCUT2D eigenvalue weighted by Gasteiger charge is 2.13. The highest BCUT2D eigenvalue weighted by Crippen LogP contribution is 2.19. The average molecular weight is 406 g/mol. The summed E-state index contributed by atoms with van der Waals surface area (Å²) in [6, 6.07) is 17.7. The minimum absolute atomic E-state index is 0.0446. The topological polar surface area (TPSA) is 102 Å². The molecular formula is C23H26N4O3. The minimum Gasteiger partial charge on any atom is -0.447 e. The highest BCUT2D eigenvalue weighted by molar-refractivity contribution is 5.84. The van der Waals surface area contributed by atoms with Gasteiger partial charge < -0.3 is 20.1 Å². The average Bonchev–Trinajstić information content (AvgIpc) is 3.08. The maximum atomic E-state index is 11.7. The fourth-order valence-corrected chi connectivity index (χ4v) is 3.18. The molecule has 0 saturated carbocycles. The molecule has 156 valence electrons.